The molecular formula is C10H10F2OS. The van der Waals surface area contributed by atoms with Crippen molar-refractivity contribution < 1.29 is 13.5 Å². The first-order chi connectivity index (χ1) is 6.62. The van der Waals surface area contributed by atoms with E-state index in [2.05, 4.69) is 0 Å². The Bertz CT molecular complexity index is 322. The van der Waals surface area contributed by atoms with Gasteiger partial charge in [0.15, 0.2) is 5.60 Å². The standard InChI is InChI=1S/C10H10F2OS/c1-14-10(11,12)9(7-13-9)8-5-3-2-4-6-8/h2-6H,7H2,1H3. The monoisotopic (exact) mass is 216 g/mol. The summed E-state index contributed by atoms with van der Waals surface area (Å²) in [6.07, 6.45) is 1.40. The Kier molecular flexibility index (Phi) is 2.27. The maximum atomic E-state index is 13.5. The number of halogens is 2. The van der Waals surface area contributed by atoms with Gasteiger partial charge in [0.1, 0.15) is 0 Å². The van der Waals surface area contributed by atoms with Crippen LogP contribution in [0.5, 0.6) is 0 Å². The maximum Gasteiger partial charge on any atom is 0.328 e. The minimum Gasteiger partial charge on any atom is -0.357 e. The van der Waals surface area contributed by atoms with E-state index in [0.717, 1.165) is 0 Å². The summed E-state index contributed by atoms with van der Waals surface area (Å²) in [5.41, 5.74) is -0.826. The topological polar surface area (TPSA) is 12.5 Å². The molecule has 1 saturated heterocycles. The number of rotatable bonds is 3. The first-order valence-corrected chi connectivity index (χ1v) is 5.47. The SMILES string of the molecule is CSC(F)(F)C1(c2ccccc2)CO1. The molecule has 0 aliphatic carbocycles. The Balaban J connectivity index is 2.35. The van der Waals surface area contributed by atoms with Crippen molar-refractivity contribution in [3.05, 3.63) is 35.9 Å². The van der Waals surface area contributed by atoms with Gasteiger partial charge in [0.05, 0.1) is 6.61 Å². The third kappa shape index (κ3) is 1.33. The summed E-state index contributed by atoms with van der Waals surface area (Å²) in [4.78, 5) is 0. The molecule has 1 unspecified atom stereocenters. The molecule has 1 fully saturated rings. The summed E-state index contributed by atoms with van der Waals surface area (Å²) >= 11 is 0.533. The Morgan fingerprint density at radius 2 is 1.93 bits per heavy atom. The van der Waals surface area contributed by atoms with Crippen molar-refractivity contribution in [1.82, 2.24) is 0 Å². The molecule has 1 aromatic rings. The van der Waals surface area contributed by atoms with Crippen molar-refractivity contribution in [3.63, 3.8) is 0 Å². The molecule has 1 aliphatic heterocycles. The van der Waals surface area contributed by atoms with Crippen LogP contribution in [0.3, 0.4) is 0 Å². The minimum absolute atomic E-state index is 0.102. The van der Waals surface area contributed by atoms with Crippen molar-refractivity contribution in [1.29, 1.82) is 0 Å². The van der Waals surface area contributed by atoms with Crippen molar-refractivity contribution in [2.24, 2.45) is 0 Å². The molecule has 0 amide bonds. The molecule has 14 heavy (non-hydrogen) atoms. The van der Waals surface area contributed by atoms with Gasteiger partial charge in [-0.1, -0.05) is 42.1 Å². The average Bonchev–Trinajstić information content (AvgIpc) is 3.00. The molecule has 0 aromatic heterocycles. The zero-order valence-electron chi connectivity index (χ0n) is 7.67. The fraction of sp³-hybridized carbons (Fsp3) is 0.400. The molecule has 1 nitrogen and oxygen atoms in total. The van der Waals surface area contributed by atoms with Gasteiger partial charge in [0.2, 0.25) is 0 Å². The van der Waals surface area contributed by atoms with Gasteiger partial charge in [-0.2, -0.15) is 8.78 Å². The quantitative estimate of drug-likeness (QED) is 0.720. The average molecular weight is 216 g/mol. The van der Waals surface area contributed by atoms with Gasteiger partial charge in [0, 0.05) is 0 Å². The van der Waals surface area contributed by atoms with Crippen LogP contribution < -0.4 is 0 Å². The third-order valence-corrected chi connectivity index (χ3v) is 3.24. The molecular weight excluding hydrogens is 206 g/mol. The van der Waals surface area contributed by atoms with Gasteiger partial charge in [0.25, 0.3) is 0 Å². The number of alkyl halides is 2. The van der Waals surface area contributed by atoms with Crippen LogP contribution in [-0.2, 0) is 10.3 Å². The highest BCUT2D eigenvalue weighted by Gasteiger charge is 2.65. The third-order valence-electron chi connectivity index (χ3n) is 2.40. The van der Waals surface area contributed by atoms with Crippen molar-refractivity contribution in [2.75, 3.05) is 12.9 Å². The van der Waals surface area contributed by atoms with Crippen molar-refractivity contribution in [3.8, 4) is 0 Å². The second kappa shape index (κ2) is 3.21. The van der Waals surface area contributed by atoms with Crippen LogP contribution in [0.15, 0.2) is 30.3 Å². The highest BCUT2D eigenvalue weighted by molar-refractivity contribution is 7.99. The van der Waals surface area contributed by atoms with Crippen molar-refractivity contribution >= 4 is 11.8 Å². The van der Waals surface area contributed by atoms with Crippen LogP contribution in [0.1, 0.15) is 5.56 Å². The Morgan fingerprint density at radius 1 is 1.36 bits per heavy atom. The molecule has 4 heteroatoms. The number of thioether (sulfide) groups is 1. The van der Waals surface area contributed by atoms with E-state index in [4.69, 9.17) is 4.74 Å². The van der Waals surface area contributed by atoms with E-state index >= 15 is 0 Å². The lowest BCUT2D eigenvalue weighted by Gasteiger charge is -2.21. The van der Waals surface area contributed by atoms with Crippen LogP contribution in [0, 0.1) is 0 Å². The van der Waals surface area contributed by atoms with Crippen LogP contribution in [-0.4, -0.2) is 18.1 Å². The van der Waals surface area contributed by atoms with Crippen LogP contribution in [0.4, 0.5) is 8.78 Å². The lowest BCUT2D eigenvalue weighted by molar-refractivity contribution is 0.00997. The lowest BCUT2D eigenvalue weighted by atomic mass is 10.0. The number of ether oxygens (including phenoxy) is 1. The van der Waals surface area contributed by atoms with Gasteiger partial charge in [-0.05, 0) is 11.8 Å². The molecule has 0 N–H and O–H groups in total. The highest BCUT2D eigenvalue weighted by Crippen LogP contribution is 2.55. The number of hydrogen-bond acceptors (Lipinski definition) is 2. The van der Waals surface area contributed by atoms with E-state index in [1.165, 1.54) is 6.26 Å². The number of epoxide rings is 1. The van der Waals surface area contributed by atoms with E-state index in [0.29, 0.717) is 17.3 Å². The molecule has 0 bridgehead atoms. The van der Waals surface area contributed by atoms with E-state index in [9.17, 15) is 8.78 Å². The molecule has 0 radical (unpaired) electrons. The van der Waals surface area contributed by atoms with Gasteiger partial charge in [-0.15, -0.1) is 0 Å². The largest absolute Gasteiger partial charge is 0.357 e. The van der Waals surface area contributed by atoms with Crippen molar-refractivity contribution in [2.45, 2.75) is 10.9 Å². The van der Waals surface area contributed by atoms with E-state index in [-0.39, 0.29) is 6.61 Å². The predicted molar refractivity (Wildman–Crippen MR) is 52.5 cm³/mol. The Morgan fingerprint density at radius 3 is 2.36 bits per heavy atom. The summed E-state index contributed by atoms with van der Waals surface area (Å²) in [5.74, 6) is 0. The van der Waals surface area contributed by atoms with Gasteiger partial charge in [-0.3, -0.25) is 0 Å². The second-order valence-corrected chi connectivity index (χ2v) is 4.12. The summed E-state index contributed by atoms with van der Waals surface area (Å²) in [6.45, 7) is 0.102. The summed E-state index contributed by atoms with van der Waals surface area (Å²) in [6, 6.07) is 8.65. The van der Waals surface area contributed by atoms with Gasteiger partial charge >= 0.3 is 5.25 Å². The highest BCUT2D eigenvalue weighted by atomic mass is 32.2. The van der Waals surface area contributed by atoms with Crippen LogP contribution in [0.25, 0.3) is 0 Å². The summed E-state index contributed by atoms with van der Waals surface area (Å²) in [7, 11) is 0. The zero-order chi connectivity index (χ0) is 10.2. The fourth-order valence-electron chi connectivity index (χ4n) is 1.45. The second-order valence-electron chi connectivity index (χ2n) is 3.20. The van der Waals surface area contributed by atoms with E-state index in [1.807, 2.05) is 0 Å². The molecule has 1 aromatic carbocycles. The van der Waals surface area contributed by atoms with Crippen LogP contribution in [0.2, 0.25) is 0 Å². The molecule has 1 atom stereocenters. The van der Waals surface area contributed by atoms with Gasteiger partial charge in [-0.25, -0.2) is 0 Å². The zero-order valence-corrected chi connectivity index (χ0v) is 8.48. The fourth-order valence-corrected chi connectivity index (χ4v) is 2.01. The molecule has 76 valence electrons. The predicted octanol–water partition coefficient (Wildman–Crippen LogP) is 2.87. The molecule has 0 spiro atoms. The summed E-state index contributed by atoms with van der Waals surface area (Å²) < 4.78 is 32.0. The normalized spacial score (nSPS) is 26.2. The first-order valence-electron chi connectivity index (χ1n) is 4.25. The molecule has 1 aliphatic rings. The molecule has 2 rings (SSSR count). The van der Waals surface area contributed by atoms with Gasteiger partial charge < -0.3 is 4.74 Å². The number of benzene rings is 1. The van der Waals surface area contributed by atoms with Crippen LogP contribution >= 0.6 is 11.8 Å². The summed E-state index contributed by atoms with van der Waals surface area (Å²) in [5, 5.41) is -2.85. The Labute approximate surface area is 85.5 Å². The van der Waals surface area contributed by atoms with E-state index in [1.54, 1.807) is 30.3 Å². The number of hydrogen-bond donors (Lipinski definition) is 0. The smallest absolute Gasteiger partial charge is 0.328 e. The minimum atomic E-state index is -2.85. The molecule has 1 heterocycles. The lowest BCUT2D eigenvalue weighted by Crippen LogP contribution is -2.31. The van der Waals surface area contributed by atoms with E-state index < -0.39 is 10.9 Å². The molecule has 0 saturated carbocycles. The first kappa shape index (κ1) is 9.93. The maximum absolute atomic E-state index is 13.5. The Hall–Kier alpha value is -0.610.